The number of benzene rings is 1. The summed E-state index contributed by atoms with van der Waals surface area (Å²) < 4.78 is 50.4. The van der Waals surface area contributed by atoms with Crippen molar-refractivity contribution in [1.29, 1.82) is 0 Å². The van der Waals surface area contributed by atoms with Crippen LogP contribution in [0.1, 0.15) is 20.3 Å². The largest absolute Gasteiger partial charge is 0.352 e. The van der Waals surface area contributed by atoms with E-state index >= 15 is 0 Å². The Labute approximate surface area is 123 Å². The summed E-state index contributed by atoms with van der Waals surface area (Å²) in [6.45, 7) is 3.16. The van der Waals surface area contributed by atoms with Gasteiger partial charge in [0.15, 0.2) is 11.6 Å². The van der Waals surface area contributed by atoms with Crippen LogP contribution < -0.4 is 9.62 Å². The highest BCUT2D eigenvalue weighted by atomic mass is 32.2. The number of anilines is 1. The van der Waals surface area contributed by atoms with Crippen molar-refractivity contribution in [3.8, 4) is 0 Å². The first-order valence-corrected chi connectivity index (χ1v) is 8.22. The average molecular weight is 320 g/mol. The molecule has 0 fully saturated rings. The second-order valence-corrected chi connectivity index (χ2v) is 6.65. The van der Waals surface area contributed by atoms with E-state index in [1.807, 2.05) is 6.92 Å². The lowest BCUT2D eigenvalue weighted by Gasteiger charge is -2.23. The fraction of sp³-hybridized carbons (Fsp3) is 0.462. The van der Waals surface area contributed by atoms with Gasteiger partial charge in [-0.25, -0.2) is 17.2 Å². The number of halogens is 2. The van der Waals surface area contributed by atoms with E-state index in [4.69, 9.17) is 0 Å². The van der Waals surface area contributed by atoms with E-state index in [0.717, 1.165) is 28.8 Å². The maximum atomic E-state index is 13.2. The number of nitrogens with zero attached hydrogens (tertiary/aromatic N) is 1. The van der Waals surface area contributed by atoms with Crippen LogP contribution in [0, 0.1) is 11.6 Å². The van der Waals surface area contributed by atoms with Gasteiger partial charge in [-0.05, 0) is 25.5 Å². The van der Waals surface area contributed by atoms with E-state index in [0.29, 0.717) is 6.42 Å². The minimum Gasteiger partial charge on any atom is -0.352 e. The fourth-order valence-electron chi connectivity index (χ4n) is 1.59. The zero-order valence-electron chi connectivity index (χ0n) is 12.1. The lowest BCUT2D eigenvalue weighted by Crippen LogP contribution is -2.43. The Morgan fingerprint density at radius 3 is 2.43 bits per heavy atom. The third-order valence-corrected chi connectivity index (χ3v) is 4.04. The minimum absolute atomic E-state index is 0.101. The molecule has 0 spiro atoms. The standard InChI is InChI=1S/C13H18F2N2O3S/c1-4-9(2)16-13(18)8-17(21(3,19)20)10-5-6-11(14)12(15)7-10/h5-7,9H,4,8H2,1-3H3,(H,16,18). The predicted octanol–water partition coefficient (Wildman–Crippen LogP) is 1.65. The Morgan fingerprint density at radius 2 is 1.95 bits per heavy atom. The fourth-order valence-corrected chi connectivity index (χ4v) is 2.44. The molecule has 1 aromatic rings. The summed E-state index contributed by atoms with van der Waals surface area (Å²) in [5.74, 6) is -2.78. The Balaban J connectivity index is 3.02. The van der Waals surface area contributed by atoms with E-state index in [2.05, 4.69) is 5.32 Å². The van der Waals surface area contributed by atoms with Crippen LogP contribution in [0.2, 0.25) is 0 Å². The summed E-state index contributed by atoms with van der Waals surface area (Å²) >= 11 is 0. The Morgan fingerprint density at radius 1 is 1.33 bits per heavy atom. The smallest absolute Gasteiger partial charge is 0.240 e. The third-order valence-electron chi connectivity index (χ3n) is 2.90. The van der Waals surface area contributed by atoms with E-state index in [9.17, 15) is 22.0 Å². The van der Waals surface area contributed by atoms with E-state index < -0.39 is 34.1 Å². The van der Waals surface area contributed by atoms with Crippen LogP contribution in [0.4, 0.5) is 14.5 Å². The number of carbonyl (C=O) groups excluding carboxylic acids is 1. The van der Waals surface area contributed by atoms with Gasteiger partial charge in [-0.2, -0.15) is 0 Å². The van der Waals surface area contributed by atoms with Crippen LogP contribution in [0.5, 0.6) is 0 Å². The number of carbonyl (C=O) groups is 1. The highest BCUT2D eigenvalue weighted by Crippen LogP contribution is 2.20. The Hall–Kier alpha value is -1.70. The van der Waals surface area contributed by atoms with Crippen molar-refractivity contribution in [1.82, 2.24) is 5.32 Å². The third kappa shape index (κ3) is 4.96. The molecule has 0 aliphatic rings. The molecule has 8 heteroatoms. The van der Waals surface area contributed by atoms with Crippen molar-refractivity contribution in [2.45, 2.75) is 26.3 Å². The molecule has 0 bridgehead atoms. The van der Waals surface area contributed by atoms with Crippen LogP contribution in [-0.4, -0.2) is 33.2 Å². The van der Waals surface area contributed by atoms with Crippen molar-refractivity contribution < 1.29 is 22.0 Å². The molecule has 21 heavy (non-hydrogen) atoms. The molecule has 118 valence electrons. The summed E-state index contributed by atoms with van der Waals surface area (Å²) in [5.41, 5.74) is -0.101. The van der Waals surface area contributed by atoms with Gasteiger partial charge in [0.1, 0.15) is 6.54 Å². The molecule has 0 aliphatic carbocycles. The van der Waals surface area contributed by atoms with Crippen molar-refractivity contribution in [3.63, 3.8) is 0 Å². The number of amides is 1. The molecule has 1 N–H and O–H groups in total. The van der Waals surface area contributed by atoms with Gasteiger partial charge in [0.25, 0.3) is 0 Å². The first-order valence-electron chi connectivity index (χ1n) is 6.37. The molecule has 1 amide bonds. The molecule has 0 radical (unpaired) electrons. The van der Waals surface area contributed by atoms with Gasteiger partial charge in [-0.1, -0.05) is 6.92 Å². The summed E-state index contributed by atoms with van der Waals surface area (Å²) in [6, 6.07) is 2.56. The number of hydrogen-bond donors (Lipinski definition) is 1. The lowest BCUT2D eigenvalue weighted by atomic mass is 10.2. The van der Waals surface area contributed by atoms with Gasteiger partial charge in [-0.15, -0.1) is 0 Å². The molecular formula is C13H18F2N2O3S. The molecule has 0 aliphatic heterocycles. The predicted molar refractivity (Wildman–Crippen MR) is 76.4 cm³/mol. The van der Waals surface area contributed by atoms with Crippen molar-refractivity contribution >= 4 is 21.6 Å². The molecule has 0 saturated heterocycles. The molecular weight excluding hydrogens is 302 g/mol. The van der Waals surface area contributed by atoms with Crippen LogP contribution in [0.3, 0.4) is 0 Å². The van der Waals surface area contributed by atoms with Gasteiger partial charge < -0.3 is 5.32 Å². The Bertz CT molecular complexity index is 620. The van der Waals surface area contributed by atoms with E-state index in [-0.39, 0.29) is 11.7 Å². The molecule has 5 nitrogen and oxygen atoms in total. The van der Waals surface area contributed by atoms with Crippen molar-refractivity contribution in [2.24, 2.45) is 0 Å². The van der Waals surface area contributed by atoms with Crippen LogP contribution >= 0.6 is 0 Å². The topological polar surface area (TPSA) is 66.5 Å². The summed E-state index contributed by atoms with van der Waals surface area (Å²) in [7, 11) is -3.80. The number of rotatable bonds is 6. The lowest BCUT2D eigenvalue weighted by molar-refractivity contribution is -0.120. The van der Waals surface area contributed by atoms with Gasteiger partial charge in [0.05, 0.1) is 11.9 Å². The molecule has 0 saturated carbocycles. The maximum Gasteiger partial charge on any atom is 0.240 e. The first-order chi connectivity index (χ1) is 9.65. The summed E-state index contributed by atoms with van der Waals surface area (Å²) in [6.07, 6.45) is 1.58. The zero-order chi connectivity index (χ0) is 16.2. The van der Waals surface area contributed by atoms with Crippen LogP contribution in [0.15, 0.2) is 18.2 Å². The van der Waals surface area contributed by atoms with Crippen molar-refractivity contribution in [3.05, 3.63) is 29.8 Å². The molecule has 1 atom stereocenters. The quantitative estimate of drug-likeness (QED) is 0.866. The average Bonchev–Trinajstić information content (AvgIpc) is 2.38. The summed E-state index contributed by atoms with van der Waals surface area (Å²) in [5, 5.41) is 2.62. The highest BCUT2D eigenvalue weighted by Gasteiger charge is 2.22. The van der Waals surface area contributed by atoms with Gasteiger partial charge in [0.2, 0.25) is 15.9 Å². The van der Waals surface area contributed by atoms with E-state index in [1.165, 1.54) is 0 Å². The Kier molecular flexibility index (Phi) is 5.65. The van der Waals surface area contributed by atoms with Crippen LogP contribution in [0.25, 0.3) is 0 Å². The van der Waals surface area contributed by atoms with Crippen LogP contribution in [-0.2, 0) is 14.8 Å². The highest BCUT2D eigenvalue weighted by molar-refractivity contribution is 7.92. The first kappa shape index (κ1) is 17.4. The summed E-state index contributed by atoms with van der Waals surface area (Å²) in [4.78, 5) is 11.8. The maximum absolute atomic E-state index is 13.2. The van der Waals surface area contributed by atoms with Gasteiger partial charge >= 0.3 is 0 Å². The second-order valence-electron chi connectivity index (χ2n) is 4.74. The monoisotopic (exact) mass is 320 g/mol. The molecule has 1 rings (SSSR count). The van der Waals surface area contributed by atoms with Gasteiger partial charge in [0, 0.05) is 12.1 Å². The number of nitrogens with one attached hydrogen (secondary N) is 1. The number of sulfonamides is 1. The molecule has 1 aromatic carbocycles. The second kappa shape index (κ2) is 6.84. The normalized spacial score (nSPS) is 12.8. The SMILES string of the molecule is CCC(C)NC(=O)CN(c1ccc(F)c(F)c1)S(C)(=O)=O. The molecule has 1 unspecified atom stereocenters. The van der Waals surface area contributed by atoms with Gasteiger partial charge in [-0.3, -0.25) is 9.10 Å². The molecule has 0 heterocycles. The zero-order valence-corrected chi connectivity index (χ0v) is 12.9. The molecule has 0 aromatic heterocycles. The van der Waals surface area contributed by atoms with E-state index in [1.54, 1.807) is 6.92 Å². The minimum atomic E-state index is -3.80. The number of hydrogen-bond acceptors (Lipinski definition) is 3. The van der Waals surface area contributed by atoms with Crippen molar-refractivity contribution in [2.75, 3.05) is 17.1 Å².